The van der Waals surface area contributed by atoms with Gasteiger partial charge in [-0.1, -0.05) is 31.2 Å². The van der Waals surface area contributed by atoms with Crippen LogP contribution >= 0.6 is 0 Å². The fraction of sp³-hybridized carbons (Fsp3) is 0.200. The molecule has 1 amide bonds. The van der Waals surface area contributed by atoms with Crippen molar-refractivity contribution < 1.29 is 4.79 Å². The van der Waals surface area contributed by atoms with E-state index in [0.717, 1.165) is 23.4 Å². The van der Waals surface area contributed by atoms with E-state index in [1.165, 1.54) is 5.56 Å². The molecule has 0 saturated carbocycles. The van der Waals surface area contributed by atoms with Crippen molar-refractivity contribution in [1.82, 2.24) is 20.3 Å². The molecule has 132 valence electrons. The van der Waals surface area contributed by atoms with Crippen molar-refractivity contribution in [2.45, 2.75) is 26.8 Å². The summed E-state index contributed by atoms with van der Waals surface area (Å²) in [4.78, 5) is 25.1. The lowest BCUT2D eigenvalue weighted by molar-refractivity contribution is 0.0945. The summed E-state index contributed by atoms with van der Waals surface area (Å²) in [5.74, 6) is 0.140. The Hall–Kier alpha value is -3.28. The molecule has 3 rings (SSSR count). The highest BCUT2D eigenvalue weighted by atomic mass is 16.1. The predicted octanol–water partition coefficient (Wildman–Crippen LogP) is 3.42. The zero-order valence-corrected chi connectivity index (χ0v) is 14.9. The normalized spacial score (nSPS) is 10.4. The number of carbonyl (C=O) groups excluding carboxylic acids is 1. The lowest BCUT2D eigenvalue weighted by Gasteiger charge is -2.13. The maximum Gasteiger partial charge on any atom is 0.270 e. The average Bonchev–Trinajstić information content (AvgIpc) is 2.68. The van der Waals surface area contributed by atoms with E-state index in [1.54, 1.807) is 18.5 Å². The summed E-state index contributed by atoms with van der Waals surface area (Å²) < 4.78 is 0. The minimum Gasteiger partial charge on any atom is -0.345 e. The smallest absolute Gasteiger partial charge is 0.270 e. The van der Waals surface area contributed by atoms with Crippen molar-refractivity contribution in [1.29, 1.82) is 0 Å². The number of pyridine rings is 1. The SMILES string of the molecule is CCc1cccc(C)c1Nc1nccc(C(=O)NCc2ccccn2)n1. The van der Waals surface area contributed by atoms with Crippen LogP contribution in [0.4, 0.5) is 11.6 Å². The van der Waals surface area contributed by atoms with Crippen LogP contribution in [0.15, 0.2) is 54.9 Å². The van der Waals surface area contributed by atoms with Gasteiger partial charge in [0.2, 0.25) is 5.95 Å². The molecule has 0 aliphatic heterocycles. The molecular formula is C20H21N5O. The molecule has 0 fully saturated rings. The average molecular weight is 347 g/mol. The molecule has 0 spiro atoms. The lowest BCUT2D eigenvalue weighted by atomic mass is 10.1. The minimum absolute atomic E-state index is 0.262. The number of para-hydroxylation sites is 1. The molecule has 0 saturated heterocycles. The van der Waals surface area contributed by atoms with Crippen molar-refractivity contribution in [3.63, 3.8) is 0 Å². The van der Waals surface area contributed by atoms with Gasteiger partial charge in [0.25, 0.3) is 5.91 Å². The number of carbonyl (C=O) groups is 1. The van der Waals surface area contributed by atoms with Gasteiger partial charge in [-0.3, -0.25) is 9.78 Å². The summed E-state index contributed by atoms with van der Waals surface area (Å²) in [5, 5.41) is 6.07. The van der Waals surface area contributed by atoms with Gasteiger partial charge in [0.1, 0.15) is 5.69 Å². The number of hydrogen-bond acceptors (Lipinski definition) is 5. The molecule has 6 heteroatoms. The fourth-order valence-corrected chi connectivity index (χ4v) is 2.62. The van der Waals surface area contributed by atoms with E-state index in [1.807, 2.05) is 37.3 Å². The zero-order valence-electron chi connectivity index (χ0n) is 14.9. The van der Waals surface area contributed by atoms with Crippen LogP contribution in [0.25, 0.3) is 0 Å². The van der Waals surface area contributed by atoms with Crippen LogP contribution in [0.1, 0.15) is 34.2 Å². The van der Waals surface area contributed by atoms with E-state index in [4.69, 9.17) is 0 Å². The Bertz CT molecular complexity index is 896. The third-order valence-corrected chi connectivity index (χ3v) is 4.02. The Morgan fingerprint density at radius 1 is 1.04 bits per heavy atom. The van der Waals surface area contributed by atoms with E-state index in [2.05, 4.69) is 38.6 Å². The molecule has 26 heavy (non-hydrogen) atoms. The topological polar surface area (TPSA) is 79.8 Å². The first-order valence-electron chi connectivity index (χ1n) is 8.54. The van der Waals surface area contributed by atoms with Gasteiger partial charge >= 0.3 is 0 Å². The molecule has 2 aromatic heterocycles. The second-order valence-electron chi connectivity index (χ2n) is 5.86. The Labute approximate surface area is 152 Å². The van der Waals surface area contributed by atoms with Crippen molar-refractivity contribution >= 4 is 17.5 Å². The maximum atomic E-state index is 12.4. The standard InChI is InChI=1S/C20H21N5O/c1-3-15-8-6-7-14(2)18(15)25-20-22-12-10-17(24-20)19(26)23-13-16-9-4-5-11-21-16/h4-12H,3,13H2,1-2H3,(H,23,26)(H,22,24,25). The summed E-state index contributed by atoms with van der Waals surface area (Å²) in [6.07, 6.45) is 4.17. The Morgan fingerprint density at radius 2 is 1.92 bits per heavy atom. The van der Waals surface area contributed by atoms with Crippen LogP contribution < -0.4 is 10.6 Å². The summed E-state index contributed by atoms with van der Waals surface area (Å²) >= 11 is 0. The number of benzene rings is 1. The number of nitrogens with zero attached hydrogens (tertiary/aromatic N) is 3. The van der Waals surface area contributed by atoms with Gasteiger partial charge in [0, 0.05) is 18.1 Å². The second-order valence-corrected chi connectivity index (χ2v) is 5.86. The van der Waals surface area contributed by atoms with Gasteiger partial charge in [0.05, 0.1) is 12.2 Å². The first-order valence-corrected chi connectivity index (χ1v) is 8.54. The molecule has 0 radical (unpaired) electrons. The molecule has 6 nitrogen and oxygen atoms in total. The van der Waals surface area contributed by atoms with Crippen LogP contribution in [0.5, 0.6) is 0 Å². The minimum atomic E-state index is -0.262. The highest BCUT2D eigenvalue weighted by Crippen LogP contribution is 2.23. The number of nitrogens with one attached hydrogen (secondary N) is 2. The molecule has 0 atom stereocenters. The number of anilines is 2. The summed E-state index contributed by atoms with van der Waals surface area (Å²) in [7, 11) is 0. The van der Waals surface area contributed by atoms with Gasteiger partial charge in [0.15, 0.2) is 0 Å². The van der Waals surface area contributed by atoms with E-state index in [9.17, 15) is 4.79 Å². The lowest BCUT2D eigenvalue weighted by Crippen LogP contribution is -2.24. The van der Waals surface area contributed by atoms with Gasteiger partial charge in [-0.05, 0) is 42.7 Å². The molecule has 0 bridgehead atoms. The number of amides is 1. The molecule has 1 aromatic carbocycles. The Morgan fingerprint density at radius 3 is 2.69 bits per heavy atom. The van der Waals surface area contributed by atoms with Crippen molar-refractivity contribution in [2.24, 2.45) is 0 Å². The largest absolute Gasteiger partial charge is 0.345 e. The molecule has 0 unspecified atom stereocenters. The number of aryl methyl sites for hydroxylation is 2. The van der Waals surface area contributed by atoms with Crippen molar-refractivity contribution in [2.75, 3.05) is 5.32 Å². The summed E-state index contributed by atoms with van der Waals surface area (Å²) in [6.45, 7) is 4.48. The highest BCUT2D eigenvalue weighted by Gasteiger charge is 2.11. The van der Waals surface area contributed by atoms with E-state index in [-0.39, 0.29) is 5.91 Å². The first-order chi connectivity index (χ1) is 12.7. The number of hydrogen-bond donors (Lipinski definition) is 2. The molecule has 3 aromatic rings. The Kier molecular flexibility index (Phi) is 5.53. The van der Waals surface area contributed by atoms with Crippen LogP contribution in [0.2, 0.25) is 0 Å². The monoisotopic (exact) mass is 347 g/mol. The van der Waals surface area contributed by atoms with Gasteiger partial charge in [-0.15, -0.1) is 0 Å². The van der Waals surface area contributed by atoms with E-state index >= 15 is 0 Å². The number of aromatic nitrogens is 3. The zero-order chi connectivity index (χ0) is 18.4. The van der Waals surface area contributed by atoms with Gasteiger partial charge < -0.3 is 10.6 Å². The van der Waals surface area contributed by atoms with E-state index < -0.39 is 0 Å². The quantitative estimate of drug-likeness (QED) is 0.714. The molecule has 0 aliphatic rings. The molecule has 0 aliphatic carbocycles. The van der Waals surface area contributed by atoms with Crippen LogP contribution in [-0.4, -0.2) is 20.9 Å². The van der Waals surface area contributed by atoms with Crippen molar-refractivity contribution in [3.8, 4) is 0 Å². The third-order valence-electron chi connectivity index (χ3n) is 4.02. The molecule has 2 heterocycles. The number of rotatable bonds is 6. The van der Waals surface area contributed by atoms with Crippen LogP contribution in [0, 0.1) is 6.92 Å². The van der Waals surface area contributed by atoms with Gasteiger partial charge in [-0.2, -0.15) is 0 Å². The second kappa shape index (κ2) is 8.20. The summed E-state index contributed by atoms with van der Waals surface area (Å²) in [6, 6.07) is 13.3. The van der Waals surface area contributed by atoms with Crippen molar-refractivity contribution in [3.05, 3.63) is 77.4 Å². The first kappa shape index (κ1) is 17.5. The maximum absolute atomic E-state index is 12.4. The molecular weight excluding hydrogens is 326 g/mol. The predicted molar refractivity (Wildman–Crippen MR) is 101 cm³/mol. The van der Waals surface area contributed by atoms with Crippen LogP contribution in [0.3, 0.4) is 0 Å². The summed E-state index contributed by atoms with van der Waals surface area (Å²) in [5.41, 5.74) is 4.38. The third kappa shape index (κ3) is 4.22. The highest BCUT2D eigenvalue weighted by molar-refractivity contribution is 5.92. The van der Waals surface area contributed by atoms with E-state index in [0.29, 0.717) is 18.2 Å². The fourth-order valence-electron chi connectivity index (χ4n) is 2.62. The van der Waals surface area contributed by atoms with Gasteiger partial charge in [-0.25, -0.2) is 9.97 Å². The molecule has 2 N–H and O–H groups in total. The Balaban J connectivity index is 1.73. The van der Waals surface area contributed by atoms with Crippen LogP contribution in [-0.2, 0) is 13.0 Å².